The Morgan fingerprint density at radius 2 is 1.24 bits per heavy atom. The first-order valence-corrected chi connectivity index (χ1v) is 16.8. The van der Waals surface area contributed by atoms with Crippen molar-refractivity contribution in [2.75, 3.05) is 0 Å². The second kappa shape index (κ2) is 8.80. The van der Waals surface area contributed by atoms with E-state index in [0.29, 0.717) is 5.95 Å². The lowest BCUT2D eigenvalue weighted by Gasteiger charge is -2.22. The fourth-order valence-corrected chi connectivity index (χ4v) is 9.92. The molecule has 0 amide bonds. The van der Waals surface area contributed by atoms with Crippen molar-refractivity contribution < 1.29 is 0 Å². The zero-order chi connectivity index (χ0) is 30.9. The van der Waals surface area contributed by atoms with Crippen molar-refractivity contribution in [1.29, 1.82) is 0 Å². The molecule has 3 nitrogen and oxygen atoms in total. The monoisotopic (exact) mass is 609 g/mol. The van der Waals surface area contributed by atoms with E-state index in [0.717, 1.165) is 22.2 Å². The Morgan fingerprint density at radius 1 is 0.587 bits per heavy atom. The van der Waals surface area contributed by atoms with Crippen LogP contribution in [0.2, 0.25) is 0 Å². The molecule has 0 fully saturated rings. The quantitative estimate of drug-likeness (QED) is 0.195. The van der Waals surface area contributed by atoms with Crippen LogP contribution < -0.4 is 0 Å². The molecule has 0 radical (unpaired) electrons. The van der Waals surface area contributed by atoms with Gasteiger partial charge in [0.15, 0.2) is 0 Å². The molecule has 10 rings (SSSR count). The number of benzene rings is 5. The molecule has 5 aromatic carbocycles. The highest BCUT2D eigenvalue weighted by molar-refractivity contribution is 7.22. The highest BCUT2D eigenvalue weighted by atomic mass is 32.1. The maximum atomic E-state index is 5.42. The highest BCUT2D eigenvalue weighted by Gasteiger charge is 2.43. The molecule has 0 saturated heterocycles. The summed E-state index contributed by atoms with van der Waals surface area (Å²) in [4.78, 5) is 12.1. The number of fused-ring (bicyclic) bond motifs is 11. The molecule has 0 atom stereocenters. The Hall–Kier alpha value is -5.06. The van der Waals surface area contributed by atoms with Crippen LogP contribution in [0.5, 0.6) is 0 Å². The summed E-state index contributed by atoms with van der Waals surface area (Å²) in [6.45, 7) is 9.50. The lowest BCUT2D eigenvalue weighted by Crippen LogP contribution is -2.15. The van der Waals surface area contributed by atoms with E-state index in [-0.39, 0.29) is 10.8 Å². The number of para-hydroxylation sites is 1. The number of aromatic nitrogens is 3. The third kappa shape index (κ3) is 3.22. The molecule has 0 spiro atoms. The minimum Gasteiger partial charge on any atom is -0.278 e. The van der Waals surface area contributed by atoms with Gasteiger partial charge in [0.2, 0.25) is 5.95 Å². The first-order chi connectivity index (χ1) is 22.3. The van der Waals surface area contributed by atoms with Crippen molar-refractivity contribution in [3.8, 4) is 38.9 Å². The van der Waals surface area contributed by atoms with Crippen LogP contribution in [0.4, 0.5) is 0 Å². The van der Waals surface area contributed by atoms with E-state index in [2.05, 4.69) is 148 Å². The summed E-state index contributed by atoms with van der Waals surface area (Å²) < 4.78 is 3.71. The third-order valence-electron chi connectivity index (χ3n) is 10.6. The molecule has 220 valence electrons. The van der Waals surface area contributed by atoms with Crippen LogP contribution >= 0.6 is 11.3 Å². The molecule has 2 aliphatic rings. The standard InChI is InChI=1S/C42H31N3S/c1-41(2)30-19-11-8-16-25(30)38-35(41)28-23-34-29(36-39(46-34)26-17-9-12-20-31(26)42(36,3)4)22-33(28)45(38)40-43-32-21-13-10-18-27(32)37(44-40)24-14-6-5-7-15-24/h5-23H,1-4H3. The number of hydrogen-bond donors (Lipinski definition) is 0. The summed E-state index contributed by atoms with van der Waals surface area (Å²) in [6, 6.07) is 41.7. The van der Waals surface area contributed by atoms with Crippen molar-refractivity contribution in [3.63, 3.8) is 0 Å². The van der Waals surface area contributed by atoms with E-state index in [1.807, 2.05) is 11.3 Å². The van der Waals surface area contributed by atoms with E-state index in [1.165, 1.54) is 64.9 Å². The fraction of sp³-hybridized carbons (Fsp3) is 0.143. The van der Waals surface area contributed by atoms with Gasteiger partial charge in [0.25, 0.3) is 0 Å². The van der Waals surface area contributed by atoms with Crippen LogP contribution in [-0.4, -0.2) is 14.5 Å². The molecule has 4 heteroatoms. The largest absolute Gasteiger partial charge is 0.278 e. The van der Waals surface area contributed by atoms with Crippen LogP contribution in [0.1, 0.15) is 49.9 Å². The molecule has 3 heterocycles. The average molecular weight is 610 g/mol. The number of hydrogen-bond acceptors (Lipinski definition) is 3. The topological polar surface area (TPSA) is 30.7 Å². The summed E-state index contributed by atoms with van der Waals surface area (Å²) in [7, 11) is 0. The van der Waals surface area contributed by atoms with Crippen LogP contribution in [0, 0.1) is 0 Å². The Balaban J connectivity index is 1.36. The zero-order valence-corrected chi connectivity index (χ0v) is 27.0. The molecule has 46 heavy (non-hydrogen) atoms. The van der Waals surface area contributed by atoms with Crippen molar-refractivity contribution in [1.82, 2.24) is 14.5 Å². The molecule has 2 aliphatic carbocycles. The lowest BCUT2D eigenvalue weighted by molar-refractivity contribution is 0.666. The van der Waals surface area contributed by atoms with Crippen molar-refractivity contribution in [3.05, 3.63) is 138 Å². The molecule has 0 bridgehead atoms. The Morgan fingerprint density at radius 3 is 2.04 bits per heavy atom. The van der Waals surface area contributed by atoms with Crippen molar-refractivity contribution in [2.45, 2.75) is 38.5 Å². The van der Waals surface area contributed by atoms with Gasteiger partial charge in [-0.1, -0.05) is 125 Å². The van der Waals surface area contributed by atoms with Gasteiger partial charge in [-0.15, -0.1) is 11.3 Å². The van der Waals surface area contributed by atoms with Crippen LogP contribution in [0.25, 0.3) is 70.8 Å². The predicted molar refractivity (Wildman–Crippen MR) is 192 cm³/mol. The smallest absolute Gasteiger partial charge is 0.235 e. The Kier molecular flexibility index (Phi) is 5.01. The van der Waals surface area contributed by atoms with Gasteiger partial charge in [-0.25, -0.2) is 9.97 Å². The molecule has 0 unspecified atom stereocenters. The summed E-state index contributed by atoms with van der Waals surface area (Å²) in [5.74, 6) is 0.713. The summed E-state index contributed by atoms with van der Waals surface area (Å²) in [5, 5.41) is 3.68. The van der Waals surface area contributed by atoms with E-state index in [4.69, 9.17) is 9.97 Å². The normalized spacial score (nSPS) is 15.3. The summed E-state index contributed by atoms with van der Waals surface area (Å²) >= 11 is 1.94. The second-order valence-corrected chi connectivity index (χ2v) is 14.9. The maximum absolute atomic E-state index is 5.42. The van der Waals surface area contributed by atoms with E-state index in [1.54, 1.807) is 0 Å². The molecule has 0 saturated carbocycles. The maximum Gasteiger partial charge on any atom is 0.235 e. The van der Waals surface area contributed by atoms with Crippen LogP contribution in [0.3, 0.4) is 0 Å². The first kappa shape index (κ1) is 26.2. The van der Waals surface area contributed by atoms with E-state index < -0.39 is 0 Å². The van der Waals surface area contributed by atoms with Crippen molar-refractivity contribution in [2.24, 2.45) is 0 Å². The number of thiophene rings is 1. The number of nitrogens with zero attached hydrogens (tertiary/aromatic N) is 3. The van der Waals surface area contributed by atoms with Gasteiger partial charge in [-0.2, -0.15) is 0 Å². The Labute approximate surface area is 271 Å². The van der Waals surface area contributed by atoms with Crippen LogP contribution in [-0.2, 0) is 10.8 Å². The first-order valence-electron chi connectivity index (χ1n) is 16.0. The minimum atomic E-state index is -0.173. The SMILES string of the molecule is CC1(C)c2ccccc2-c2sc3cc4c5c(n(-c6nc(-c7ccccc7)c7ccccc7n6)c4cc3c21)-c1ccccc1C5(C)C. The minimum absolute atomic E-state index is 0.0796. The average Bonchev–Trinajstić information content (AvgIpc) is 3.75. The fourth-order valence-electron chi connectivity index (χ4n) is 8.49. The van der Waals surface area contributed by atoms with Gasteiger partial charge in [0.1, 0.15) is 0 Å². The predicted octanol–water partition coefficient (Wildman–Crippen LogP) is 11.1. The van der Waals surface area contributed by atoms with E-state index >= 15 is 0 Å². The Bertz CT molecular complexity index is 2580. The van der Waals surface area contributed by atoms with Gasteiger partial charge in [0, 0.05) is 42.3 Å². The van der Waals surface area contributed by atoms with Gasteiger partial charge < -0.3 is 0 Å². The number of rotatable bonds is 2. The van der Waals surface area contributed by atoms with Gasteiger partial charge in [0.05, 0.1) is 22.4 Å². The third-order valence-corrected chi connectivity index (χ3v) is 11.8. The van der Waals surface area contributed by atoms with Crippen LogP contribution in [0.15, 0.2) is 115 Å². The van der Waals surface area contributed by atoms with Gasteiger partial charge in [-0.3, -0.25) is 4.57 Å². The molecule has 0 aliphatic heterocycles. The van der Waals surface area contributed by atoms with Crippen molar-refractivity contribution >= 4 is 43.2 Å². The molecule has 3 aromatic heterocycles. The van der Waals surface area contributed by atoms with Gasteiger partial charge in [-0.05, 0) is 51.4 Å². The summed E-state index contributed by atoms with van der Waals surface area (Å²) in [6.07, 6.45) is 0. The zero-order valence-electron chi connectivity index (χ0n) is 26.2. The molecule has 0 N–H and O–H groups in total. The molecule has 8 aromatic rings. The molecular formula is C42H31N3S. The second-order valence-electron chi connectivity index (χ2n) is 13.8. The van der Waals surface area contributed by atoms with Gasteiger partial charge >= 0.3 is 0 Å². The van der Waals surface area contributed by atoms with E-state index in [9.17, 15) is 0 Å². The molecular weight excluding hydrogens is 579 g/mol. The highest BCUT2D eigenvalue weighted by Crippen LogP contribution is 2.58. The summed E-state index contributed by atoms with van der Waals surface area (Å²) in [5.41, 5.74) is 13.3. The lowest BCUT2D eigenvalue weighted by atomic mass is 9.80.